The molecule has 0 amide bonds. The Kier molecular flexibility index (Phi) is 2.39. The Balaban J connectivity index is 2.49. The maximum absolute atomic E-state index is 9.10. The minimum absolute atomic E-state index is 0.0310. The number of hydrogen-bond acceptors (Lipinski definition) is 4. The van der Waals surface area contributed by atoms with Crippen molar-refractivity contribution in [2.24, 2.45) is 0 Å². The summed E-state index contributed by atoms with van der Waals surface area (Å²) < 4.78 is 10.8. The summed E-state index contributed by atoms with van der Waals surface area (Å²) in [6.07, 6.45) is 1.42. The molecule has 2 heterocycles. The molecule has 0 aliphatic carbocycles. The average molecular weight is 195 g/mol. The standard InChI is InChI=1S/C10H13NO3/c1-6-10-9(5-13-7(2)14-10)8(4-12)3-11-6/h3,7,12H,4-5H2,1-2H3. The third-order valence-electron chi connectivity index (χ3n) is 2.32. The molecular weight excluding hydrogens is 182 g/mol. The van der Waals surface area contributed by atoms with Crippen molar-refractivity contribution < 1.29 is 14.6 Å². The number of pyridine rings is 1. The van der Waals surface area contributed by atoms with Gasteiger partial charge in [-0.05, 0) is 13.8 Å². The molecule has 2 rings (SSSR count). The molecule has 1 unspecified atom stereocenters. The Labute approximate surface area is 82.5 Å². The largest absolute Gasteiger partial charge is 0.463 e. The fourth-order valence-electron chi connectivity index (χ4n) is 1.53. The molecular formula is C10H13NO3. The molecule has 1 aliphatic heterocycles. The molecule has 0 saturated carbocycles. The number of ether oxygens (including phenoxy) is 2. The van der Waals surface area contributed by atoms with Crippen molar-refractivity contribution in [1.29, 1.82) is 0 Å². The Morgan fingerprint density at radius 3 is 3.14 bits per heavy atom. The van der Waals surface area contributed by atoms with Gasteiger partial charge in [-0.2, -0.15) is 0 Å². The fourth-order valence-corrected chi connectivity index (χ4v) is 1.53. The smallest absolute Gasteiger partial charge is 0.197 e. The Hall–Kier alpha value is -1.13. The van der Waals surface area contributed by atoms with E-state index >= 15 is 0 Å². The van der Waals surface area contributed by atoms with Crippen LogP contribution in [0.3, 0.4) is 0 Å². The lowest BCUT2D eigenvalue weighted by Gasteiger charge is -2.26. The van der Waals surface area contributed by atoms with Crippen molar-refractivity contribution >= 4 is 0 Å². The topological polar surface area (TPSA) is 51.6 Å². The van der Waals surface area contributed by atoms with E-state index < -0.39 is 0 Å². The lowest BCUT2D eigenvalue weighted by molar-refractivity contribution is -0.0957. The number of hydrogen-bond donors (Lipinski definition) is 1. The Morgan fingerprint density at radius 2 is 2.43 bits per heavy atom. The highest BCUT2D eigenvalue weighted by Crippen LogP contribution is 2.30. The lowest BCUT2D eigenvalue weighted by Crippen LogP contribution is -2.24. The molecule has 4 heteroatoms. The van der Waals surface area contributed by atoms with E-state index in [1.807, 2.05) is 13.8 Å². The lowest BCUT2D eigenvalue weighted by atomic mass is 10.1. The average Bonchev–Trinajstić information content (AvgIpc) is 2.19. The van der Waals surface area contributed by atoms with Gasteiger partial charge in [-0.3, -0.25) is 4.98 Å². The number of rotatable bonds is 1. The summed E-state index contributed by atoms with van der Waals surface area (Å²) in [6, 6.07) is 0. The van der Waals surface area contributed by atoms with E-state index in [-0.39, 0.29) is 12.9 Å². The van der Waals surface area contributed by atoms with Gasteiger partial charge in [0.25, 0.3) is 0 Å². The number of aromatic nitrogens is 1. The SMILES string of the molecule is Cc1ncc(CO)c2c1OC(C)OC2. The first-order valence-corrected chi connectivity index (χ1v) is 4.59. The summed E-state index contributed by atoms with van der Waals surface area (Å²) in [4.78, 5) is 4.16. The summed E-state index contributed by atoms with van der Waals surface area (Å²) in [5, 5.41) is 9.10. The molecule has 0 fully saturated rings. The van der Waals surface area contributed by atoms with E-state index in [2.05, 4.69) is 4.98 Å². The second-order valence-corrected chi connectivity index (χ2v) is 3.33. The van der Waals surface area contributed by atoms with Gasteiger partial charge in [-0.25, -0.2) is 0 Å². The van der Waals surface area contributed by atoms with Crippen molar-refractivity contribution in [2.75, 3.05) is 0 Å². The van der Waals surface area contributed by atoms with Crippen LogP contribution in [0.25, 0.3) is 0 Å². The zero-order valence-corrected chi connectivity index (χ0v) is 8.28. The van der Waals surface area contributed by atoms with Gasteiger partial charge in [0.1, 0.15) is 5.75 Å². The first kappa shape index (κ1) is 9.43. The van der Waals surface area contributed by atoms with Crippen LogP contribution in [0.4, 0.5) is 0 Å². The van der Waals surface area contributed by atoms with E-state index in [1.165, 1.54) is 0 Å². The fraction of sp³-hybridized carbons (Fsp3) is 0.500. The molecule has 0 aromatic carbocycles. The van der Waals surface area contributed by atoms with Crippen molar-refractivity contribution in [3.8, 4) is 5.75 Å². The second kappa shape index (κ2) is 3.55. The minimum atomic E-state index is -0.239. The van der Waals surface area contributed by atoms with Crippen molar-refractivity contribution in [1.82, 2.24) is 4.98 Å². The van der Waals surface area contributed by atoms with Gasteiger partial charge in [0, 0.05) is 17.3 Å². The Bertz CT molecular complexity index is 351. The molecule has 1 aromatic rings. The molecule has 1 aromatic heterocycles. The molecule has 4 nitrogen and oxygen atoms in total. The van der Waals surface area contributed by atoms with Gasteiger partial charge in [0.15, 0.2) is 6.29 Å². The molecule has 0 radical (unpaired) electrons. The highest BCUT2D eigenvalue weighted by Gasteiger charge is 2.21. The van der Waals surface area contributed by atoms with Crippen molar-refractivity contribution in [2.45, 2.75) is 33.4 Å². The predicted octanol–water partition coefficient (Wildman–Crippen LogP) is 1.14. The van der Waals surface area contributed by atoms with Gasteiger partial charge >= 0.3 is 0 Å². The van der Waals surface area contributed by atoms with Gasteiger partial charge in [-0.15, -0.1) is 0 Å². The second-order valence-electron chi connectivity index (χ2n) is 3.33. The third-order valence-corrected chi connectivity index (χ3v) is 2.32. The number of aliphatic hydroxyl groups excluding tert-OH is 1. The number of aliphatic hydroxyl groups is 1. The third kappa shape index (κ3) is 1.47. The quantitative estimate of drug-likeness (QED) is 0.730. The van der Waals surface area contributed by atoms with Crippen molar-refractivity contribution in [3.63, 3.8) is 0 Å². The number of nitrogens with zero attached hydrogens (tertiary/aromatic N) is 1. The van der Waals surface area contributed by atoms with Crippen LogP contribution in [0.1, 0.15) is 23.7 Å². The van der Waals surface area contributed by atoms with E-state index in [0.29, 0.717) is 6.61 Å². The molecule has 0 spiro atoms. The summed E-state index contributed by atoms with van der Waals surface area (Å²) >= 11 is 0. The minimum Gasteiger partial charge on any atom is -0.463 e. The zero-order valence-electron chi connectivity index (χ0n) is 8.28. The van der Waals surface area contributed by atoms with E-state index in [1.54, 1.807) is 6.20 Å². The maximum atomic E-state index is 9.10. The Morgan fingerprint density at radius 1 is 1.64 bits per heavy atom. The van der Waals surface area contributed by atoms with E-state index in [0.717, 1.165) is 22.6 Å². The first-order valence-electron chi connectivity index (χ1n) is 4.59. The number of aryl methyl sites for hydroxylation is 1. The highest BCUT2D eigenvalue weighted by atomic mass is 16.7. The van der Waals surface area contributed by atoms with Crippen LogP contribution < -0.4 is 4.74 Å². The van der Waals surface area contributed by atoms with Crippen LogP contribution >= 0.6 is 0 Å². The summed E-state index contributed by atoms with van der Waals surface area (Å²) in [6.45, 7) is 4.18. The molecule has 0 saturated heterocycles. The molecule has 0 bridgehead atoms. The van der Waals surface area contributed by atoms with Gasteiger partial charge in [-0.1, -0.05) is 0 Å². The van der Waals surface area contributed by atoms with Crippen molar-refractivity contribution in [3.05, 3.63) is 23.0 Å². The van der Waals surface area contributed by atoms with Crippen LogP contribution in [0, 0.1) is 6.92 Å². The molecule has 14 heavy (non-hydrogen) atoms. The molecule has 1 N–H and O–H groups in total. The maximum Gasteiger partial charge on any atom is 0.197 e. The normalized spacial score (nSPS) is 20.1. The van der Waals surface area contributed by atoms with Crippen LogP contribution in [0.2, 0.25) is 0 Å². The first-order chi connectivity index (χ1) is 6.72. The van der Waals surface area contributed by atoms with Crippen LogP contribution in [-0.2, 0) is 18.0 Å². The number of fused-ring (bicyclic) bond motifs is 1. The molecule has 76 valence electrons. The van der Waals surface area contributed by atoms with Crippen LogP contribution in [-0.4, -0.2) is 16.4 Å². The van der Waals surface area contributed by atoms with Gasteiger partial charge in [0.05, 0.1) is 18.9 Å². The van der Waals surface area contributed by atoms with E-state index in [4.69, 9.17) is 14.6 Å². The van der Waals surface area contributed by atoms with E-state index in [9.17, 15) is 0 Å². The van der Waals surface area contributed by atoms with Crippen LogP contribution in [0.5, 0.6) is 5.75 Å². The highest BCUT2D eigenvalue weighted by molar-refractivity contribution is 5.42. The summed E-state index contributed by atoms with van der Waals surface area (Å²) in [7, 11) is 0. The molecule has 1 aliphatic rings. The van der Waals surface area contributed by atoms with Gasteiger partial charge in [0.2, 0.25) is 0 Å². The van der Waals surface area contributed by atoms with Crippen LogP contribution in [0.15, 0.2) is 6.20 Å². The molecule has 1 atom stereocenters. The van der Waals surface area contributed by atoms with Gasteiger partial charge < -0.3 is 14.6 Å². The summed E-state index contributed by atoms with van der Waals surface area (Å²) in [5.74, 6) is 0.760. The zero-order chi connectivity index (χ0) is 10.1. The summed E-state index contributed by atoms with van der Waals surface area (Å²) in [5.41, 5.74) is 2.53. The predicted molar refractivity (Wildman–Crippen MR) is 49.8 cm³/mol. The monoisotopic (exact) mass is 195 g/mol.